The van der Waals surface area contributed by atoms with E-state index >= 15 is 0 Å². The Bertz CT molecular complexity index is 393. The Balaban J connectivity index is 1.75. The van der Waals surface area contributed by atoms with Gasteiger partial charge in [0.1, 0.15) is 11.0 Å². The second-order valence-electron chi connectivity index (χ2n) is 4.88. The van der Waals surface area contributed by atoms with E-state index in [9.17, 15) is 0 Å². The van der Waals surface area contributed by atoms with Gasteiger partial charge in [0.25, 0.3) is 0 Å². The normalized spacial score (nSPS) is 21.7. The van der Waals surface area contributed by atoms with E-state index in [0.717, 1.165) is 55.3 Å². The van der Waals surface area contributed by atoms with Crippen LogP contribution in [0, 0.1) is 0 Å². The Kier molecular flexibility index (Phi) is 2.08. The molecular formula is C11H16ClN3. The number of imidazole rings is 1. The molecule has 1 fully saturated rings. The Morgan fingerprint density at radius 2 is 2.27 bits per heavy atom. The van der Waals surface area contributed by atoms with E-state index in [1.165, 1.54) is 6.42 Å². The number of aromatic nitrogens is 2. The summed E-state index contributed by atoms with van der Waals surface area (Å²) in [5.41, 5.74) is 7.23. The Hall–Kier alpha value is -0.540. The lowest BCUT2D eigenvalue weighted by molar-refractivity contribution is 0.603. The van der Waals surface area contributed by atoms with E-state index in [4.69, 9.17) is 17.3 Å². The van der Waals surface area contributed by atoms with Gasteiger partial charge in [0.15, 0.2) is 0 Å². The van der Waals surface area contributed by atoms with Gasteiger partial charge in [-0.05, 0) is 32.1 Å². The summed E-state index contributed by atoms with van der Waals surface area (Å²) >= 11 is 6.28. The summed E-state index contributed by atoms with van der Waals surface area (Å²) in [4.78, 5) is 4.60. The van der Waals surface area contributed by atoms with E-state index < -0.39 is 0 Å². The van der Waals surface area contributed by atoms with Crippen molar-refractivity contribution in [2.24, 2.45) is 5.73 Å². The number of nitrogens with zero attached hydrogens (tertiary/aromatic N) is 2. The fourth-order valence-electron chi connectivity index (χ4n) is 2.28. The van der Waals surface area contributed by atoms with Crippen LogP contribution in [-0.2, 0) is 19.4 Å². The highest BCUT2D eigenvalue weighted by atomic mass is 35.5. The number of hydrogen-bond acceptors (Lipinski definition) is 2. The van der Waals surface area contributed by atoms with Crippen molar-refractivity contribution in [2.75, 3.05) is 0 Å². The quantitative estimate of drug-likeness (QED) is 0.854. The van der Waals surface area contributed by atoms with Crippen molar-refractivity contribution >= 4 is 11.6 Å². The summed E-state index contributed by atoms with van der Waals surface area (Å²) in [6, 6.07) is 0. The van der Waals surface area contributed by atoms with Gasteiger partial charge in [0.05, 0.1) is 5.69 Å². The molecule has 0 aromatic carbocycles. The van der Waals surface area contributed by atoms with Crippen LogP contribution in [0.5, 0.6) is 0 Å². The van der Waals surface area contributed by atoms with Crippen molar-refractivity contribution in [2.45, 2.75) is 50.6 Å². The molecule has 3 nitrogen and oxygen atoms in total. The van der Waals surface area contributed by atoms with Gasteiger partial charge >= 0.3 is 0 Å². The summed E-state index contributed by atoms with van der Waals surface area (Å²) in [7, 11) is 0. The topological polar surface area (TPSA) is 43.8 Å². The first-order valence-corrected chi connectivity index (χ1v) is 6.08. The third-order valence-electron chi connectivity index (χ3n) is 3.58. The molecule has 1 aliphatic heterocycles. The van der Waals surface area contributed by atoms with E-state index in [1.807, 2.05) is 0 Å². The van der Waals surface area contributed by atoms with Gasteiger partial charge in [-0.25, -0.2) is 4.98 Å². The maximum absolute atomic E-state index is 6.28. The Morgan fingerprint density at radius 3 is 2.93 bits per heavy atom. The Labute approximate surface area is 94.6 Å². The summed E-state index contributed by atoms with van der Waals surface area (Å²) in [6.07, 6.45) is 6.56. The maximum Gasteiger partial charge on any atom is 0.132 e. The molecule has 1 aliphatic carbocycles. The average molecular weight is 226 g/mol. The van der Waals surface area contributed by atoms with Gasteiger partial charge in [-0.2, -0.15) is 0 Å². The number of fused-ring (bicyclic) bond motifs is 1. The number of nitrogens with two attached hydrogens (primary N) is 1. The first kappa shape index (κ1) is 9.67. The number of aryl methyl sites for hydroxylation is 2. The molecule has 82 valence electrons. The molecule has 0 amide bonds. The maximum atomic E-state index is 6.28. The molecule has 4 heteroatoms. The second-order valence-corrected chi connectivity index (χ2v) is 5.24. The van der Waals surface area contributed by atoms with Crippen LogP contribution in [0.15, 0.2) is 0 Å². The minimum absolute atomic E-state index is 0.109. The highest BCUT2D eigenvalue weighted by Crippen LogP contribution is 2.37. The highest BCUT2D eigenvalue weighted by Gasteiger charge is 2.37. The zero-order chi connectivity index (χ0) is 10.5. The minimum Gasteiger partial charge on any atom is -0.325 e. The van der Waals surface area contributed by atoms with Crippen molar-refractivity contribution in [3.63, 3.8) is 0 Å². The second kappa shape index (κ2) is 3.22. The fraction of sp³-hybridized carbons (Fsp3) is 0.727. The molecule has 0 unspecified atom stereocenters. The Morgan fingerprint density at radius 1 is 1.47 bits per heavy atom. The molecule has 1 aromatic rings. The summed E-state index contributed by atoms with van der Waals surface area (Å²) in [5, 5.41) is 0.853. The SMILES string of the molecule is NC1(CCc2nc3n(c2Cl)CCC3)CC1. The van der Waals surface area contributed by atoms with Crippen molar-refractivity contribution in [1.29, 1.82) is 0 Å². The van der Waals surface area contributed by atoms with E-state index in [-0.39, 0.29) is 5.54 Å². The lowest BCUT2D eigenvalue weighted by atomic mass is 10.1. The van der Waals surface area contributed by atoms with Crippen LogP contribution < -0.4 is 5.73 Å². The monoisotopic (exact) mass is 225 g/mol. The molecule has 2 N–H and O–H groups in total. The number of rotatable bonds is 3. The lowest BCUT2D eigenvalue weighted by Crippen LogP contribution is -2.22. The van der Waals surface area contributed by atoms with Gasteiger partial charge in [0, 0.05) is 18.5 Å². The van der Waals surface area contributed by atoms with Crippen LogP contribution >= 0.6 is 11.6 Å². The lowest BCUT2D eigenvalue weighted by Gasteiger charge is -2.06. The van der Waals surface area contributed by atoms with Gasteiger partial charge in [-0.3, -0.25) is 0 Å². The van der Waals surface area contributed by atoms with Crippen LogP contribution in [0.3, 0.4) is 0 Å². The van der Waals surface area contributed by atoms with Gasteiger partial charge in [-0.15, -0.1) is 0 Å². The first-order chi connectivity index (χ1) is 7.18. The van der Waals surface area contributed by atoms with Gasteiger partial charge < -0.3 is 10.3 Å². The van der Waals surface area contributed by atoms with E-state index in [2.05, 4.69) is 9.55 Å². The summed E-state index contributed by atoms with van der Waals surface area (Å²) in [5.74, 6) is 1.16. The molecular weight excluding hydrogens is 210 g/mol. The van der Waals surface area contributed by atoms with Crippen molar-refractivity contribution in [3.05, 3.63) is 16.7 Å². The average Bonchev–Trinajstić information content (AvgIpc) is 2.69. The predicted molar refractivity (Wildman–Crippen MR) is 60.0 cm³/mol. The smallest absolute Gasteiger partial charge is 0.132 e. The number of hydrogen-bond donors (Lipinski definition) is 1. The predicted octanol–water partition coefficient (Wildman–Crippen LogP) is 1.91. The zero-order valence-electron chi connectivity index (χ0n) is 8.80. The summed E-state index contributed by atoms with van der Waals surface area (Å²) < 4.78 is 2.15. The van der Waals surface area contributed by atoms with Crippen LogP contribution in [0.2, 0.25) is 5.15 Å². The van der Waals surface area contributed by atoms with Crippen molar-refractivity contribution in [3.8, 4) is 0 Å². The van der Waals surface area contributed by atoms with Crippen LogP contribution in [0.4, 0.5) is 0 Å². The molecule has 1 saturated carbocycles. The van der Waals surface area contributed by atoms with Crippen LogP contribution in [0.1, 0.15) is 37.2 Å². The van der Waals surface area contributed by atoms with E-state index in [1.54, 1.807) is 0 Å². The summed E-state index contributed by atoms with van der Waals surface area (Å²) in [6.45, 7) is 1.04. The van der Waals surface area contributed by atoms with Crippen LogP contribution in [0.25, 0.3) is 0 Å². The largest absolute Gasteiger partial charge is 0.325 e. The molecule has 0 saturated heterocycles. The van der Waals surface area contributed by atoms with E-state index in [0.29, 0.717) is 0 Å². The molecule has 0 spiro atoms. The fourth-order valence-corrected chi connectivity index (χ4v) is 2.60. The van der Waals surface area contributed by atoms with Gasteiger partial charge in [-0.1, -0.05) is 11.6 Å². The first-order valence-electron chi connectivity index (χ1n) is 5.71. The van der Waals surface area contributed by atoms with Crippen molar-refractivity contribution < 1.29 is 0 Å². The van der Waals surface area contributed by atoms with Crippen LogP contribution in [-0.4, -0.2) is 15.1 Å². The zero-order valence-corrected chi connectivity index (χ0v) is 9.56. The molecule has 3 rings (SSSR count). The molecule has 0 bridgehead atoms. The molecule has 15 heavy (non-hydrogen) atoms. The van der Waals surface area contributed by atoms with Crippen molar-refractivity contribution in [1.82, 2.24) is 9.55 Å². The molecule has 0 atom stereocenters. The molecule has 0 radical (unpaired) electrons. The molecule has 1 aromatic heterocycles. The van der Waals surface area contributed by atoms with Gasteiger partial charge in [0.2, 0.25) is 0 Å². The third kappa shape index (κ3) is 1.68. The molecule has 2 aliphatic rings. The third-order valence-corrected chi connectivity index (χ3v) is 4.01. The highest BCUT2D eigenvalue weighted by molar-refractivity contribution is 6.30. The minimum atomic E-state index is 0.109. The molecule has 2 heterocycles. The standard InChI is InChI=1S/C11H16ClN3/c12-10-8(3-4-11(13)5-6-11)14-9-2-1-7-15(9)10/h1-7,13H2. The number of halogens is 1.